The molecule has 1 fully saturated rings. The molecule has 0 unspecified atom stereocenters. The first-order valence-corrected chi connectivity index (χ1v) is 11.0. The number of nitrogens with zero attached hydrogens (tertiary/aromatic N) is 4. The standard InChI is InChI=1S/C26H25N5O/c32-26(21-8-12-23(13-9-21)30-16-4-5-17-30)27-22-10-6-20(7-11-22)24-14-15-25(29-28-24)31-18-2-1-3-19-31/h4-17H,1-3,18-19H2,(H,27,32). The summed E-state index contributed by atoms with van der Waals surface area (Å²) in [5.74, 6) is 0.808. The van der Waals surface area contributed by atoms with Crippen LogP contribution in [-0.2, 0) is 0 Å². The molecule has 1 aliphatic heterocycles. The Morgan fingerprint density at radius 3 is 2.16 bits per heavy atom. The highest BCUT2D eigenvalue weighted by molar-refractivity contribution is 6.04. The molecule has 6 nitrogen and oxygen atoms in total. The molecule has 0 spiro atoms. The van der Waals surface area contributed by atoms with Crippen molar-refractivity contribution in [3.63, 3.8) is 0 Å². The topological polar surface area (TPSA) is 63.1 Å². The van der Waals surface area contributed by atoms with E-state index in [4.69, 9.17) is 0 Å². The van der Waals surface area contributed by atoms with Gasteiger partial charge in [-0.25, -0.2) is 0 Å². The number of aromatic nitrogens is 3. The maximum atomic E-state index is 12.6. The van der Waals surface area contributed by atoms with Crippen molar-refractivity contribution in [3.8, 4) is 16.9 Å². The number of anilines is 2. The van der Waals surface area contributed by atoms with Crippen molar-refractivity contribution < 1.29 is 4.79 Å². The summed E-state index contributed by atoms with van der Waals surface area (Å²) < 4.78 is 2.00. The van der Waals surface area contributed by atoms with Gasteiger partial charge in [0.25, 0.3) is 5.91 Å². The third-order valence-corrected chi connectivity index (χ3v) is 5.80. The van der Waals surface area contributed by atoms with Gasteiger partial charge in [0, 0.05) is 48.0 Å². The van der Waals surface area contributed by atoms with Crippen LogP contribution in [0, 0.1) is 0 Å². The molecule has 1 N–H and O–H groups in total. The Balaban J connectivity index is 1.23. The SMILES string of the molecule is O=C(Nc1ccc(-c2ccc(N3CCCCC3)nn2)cc1)c1ccc(-n2cccc2)cc1. The molecule has 1 amide bonds. The minimum Gasteiger partial charge on any atom is -0.355 e. The first-order valence-electron chi connectivity index (χ1n) is 11.0. The third-order valence-electron chi connectivity index (χ3n) is 5.80. The Morgan fingerprint density at radius 2 is 1.50 bits per heavy atom. The largest absolute Gasteiger partial charge is 0.355 e. The maximum absolute atomic E-state index is 12.6. The van der Waals surface area contributed by atoms with Crippen LogP contribution in [0.15, 0.2) is 85.2 Å². The molecule has 1 saturated heterocycles. The Kier molecular flexibility index (Phi) is 5.66. The molecule has 32 heavy (non-hydrogen) atoms. The molecule has 0 atom stereocenters. The number of carbonyl (C=O) groups is 1. The van der Waals surface area contributed by atoms with E-state index in [-0.39, 0.29) is 5.91 Å². The zero-order valence-corrected chi connectivity index (χ0v) is 17.8. The molecule has 0 bridgehead atoms. The van der Waals surface area contributed by atoms with Crippen LogP contribution in [0.5, 0.6) is 0 Å². The number of amides is 1. The van der Waals surface area contributed by atoms with E-state index >= 15 is 0 Å². The predicted octanol–water partition coefficient (Wildman–Crippen LogP) is 5.18. The van der Waals surface area contributed by atoms with Crippen LogP contribution >= 0.6 is 0 Å². The summed E-state index contributed by atoms with van der Waals surface area (Å²) in [4.78, 5) is 14.9. The fourth-order valence-corrected chi connectivity index (χ4v) is 3.99. The Hall–Kier alpha value is -3.93. The van der Waals surface area contributed by atoms with Crippen LogP contribution in [0.2, 0.25) is 0 Å². The molecular weight excluding hydrogens is 398 g/mol. The number of piperidine rings is 1. The lowest BCUT2D eigenvalue weighted by Gasteiger charge is -2.27. The lowest BCUT2D eigenvalue weighted by molar-refractivity contribution is 0.102. The molecule has 1 aliphatic rings. The monoisotopic (exact) mass is 423 g/mol. The third kappa shape index (κ3) is 4.39. The molecule has 0 saturated carbocycles. The van der Waals surface area contributed by atoms with Crippen molar-refractivity contribution in [3.05, 3.63) is 90.8 Å². The highest BCUT2D eigenvalue weighted by atomic mass is 16.1. The van der Waals surface area contributed by atoms with Crippen LogP contribution in [-0.4, -0.2) is 33.8 Å². The summed E-state index contributed by atoms with van der Waals surface area (Å²) in [6, 6.07) is 23.2. The van der Waals surface area contributed by atoms with Crippen LogP contribution in [0.1, 0.15) is 29.6 Å². The van der Waals surface area contributed by atoms with Gasteiger partial charge in [-0.05, 0) is 79.9 Å². The summed E-state index contributed by atoms with van der Waals surface area (Å²) in [6.07, 6.45) is 7.68. The van der Waals surface area contributed by atoms with E-state index in [0.29, 0.717) is 5.56 Å². The molecule has 6 heteroatoms. The quantitative estimate of drug-likeness (QED) is 0.481. The van der Waals surface area contributed by atoms with Crippen LogP contribution < -0.4 is 10.2 Å². The van der Waals surface area contributed by atoms with Gasteiger partial charge in [-0.15, -0.1) is 10.2 Å². The van der Waals surface area contributed by atoms with Crippen molar-refractivity contribution in [2.45, 2.75) is 19.3 Å². The molecule has 0 radical (unpaired) electrons. The predicted molar refractivity (Wildman–Crippen MR) is 127 cm³/mol. The second-order valence-corrected chi connectivity index (χ2v) is 7.99. The fraction of sp³-hybridized carbons (Fsp3) is 0.192. The molecule has 2 aromatic carbocycles. The van der Waals surface area contributed by atoms with E-state index in [1.165, 1.54) is 19.3 Å². The number of hydrogen-bond donors (Lipinski definition) is 1. The summed E-state index contributed by atoms with van der Waals surface area (Å²) in [5, 5.41) is 11.8. The zero-order chi connectivity index (χ0) is 21.8. The minimum atomic E-state index is -0.137. The molecule has 0 aliphatic carbocycles. The van der Waals surface area contributed by atoms with Gasteiger partial charge in [0.1, 0.15) is 0 Å². The van der Waals surface area contributed by atoms with Gasteiger partial charge in [-0.3, -0.25) is 4.79 Å². The van der Waals surface area contributed by atoms with Crippen LogP contribution in [0.3, 0.4) is 0 Å². The average molecular weight is 424 g/mol. The van der Waals surface area contributed by atoms with Crippen molar-refractivity contribution in [1.82, 2.24) is 14.8 Å². The van der Waals surface area contributed by atoms with Gasteiger partial charge in [0.2, 0.25) is 0 Å². The van der Waals surface area contributed by atoms with Crippen molar-refractivity contribution >= 4 is 17.4 Å². The average Bonchev–Trinajstić information content (AvgIpc) is 3.40. The van der Waals surface area contributed by atoms with Gasteiger partial charge >= 0.3 is 0 Å². The maximum Gasteiger partial charge on any atom is 0.255 e. The molecule has 5 rings (SSSR count). The lowest BCUT2D eigenvalue weighted by Crippen LogP contribution is -2.30. The number of hydrogen-bond acceptors (Lipinski definition) is 4. The van der Waals surface area contributed by atoms with Crippen molar-refractivity contribution in [1.29, 1.82) is 0 Å². The van der Waals surface area contributed by atoms with Gasteiger partial charge < -0.3 is 14.8 Å². The molecule has 160 valence electrons. The second-order valence-electron chi connectivity index (χ2n) is 7.99. The molecule has 2 aromatic heterocycles. The van der Waals surface area contributed by atoms with E-state index in [0.717, 1.165) is 41.5 Å². The summed E-state index contributed by atoms with van der Waals surface area (Å²) in [5.41, 5.74) is 4.17. The highest BCUT2D eigenvalue weighted by Crippen LogP contribution is 2.22. The number of benzene rings is 2. The second kappa shape index (κ2) is 9.06. The van der Waals surface area contributed by atoms with Gasteiger partial charge in [0.15, 0.2) is 5.82 Å². The highest BCUT2D eigenvalue weighted by Gasteiger charge is 2.13. The normalized spacial score (nSPS) is 13.7. The number of rotatable bonds is 5. The van der Waals surface area contributed by atoms with Crippen molar-refractivity contribution in [2.24, 2.45) is 0 Å². The van der Waals surface area contributed by atoms with Gasteiger partial charge in [0.05, 0.1) is 5.69 Å². The van der Waals surface area contributed by atoms with Gasteiger partial charge in [-0.2, -0.15) is 0 Å². The summed E-state index contributed by atoms with van der Waals surface area (Å²) in [6.45, 7) is 2.11. The number of nitrogens with one attached hydrogen (secondary N) is 1. The van der Waals surface area contributed by atoms with Crippen LogP contribution in [0.25, 0.3) is 16.9 Å². The van der Waals surface area contributed by atoms with Crippen LogP contribution in [0.4, 0.5) is 11.5 Å². The zero-order valence-electron chi connectivity index (χ0n) is 17.8. The smallest absolute Gasteiger partial charge is 0.255 e. The number of carbonyl (C=O) groups excluding carboxylic acids is 1. The Morgan fingerprint density at radius 1 is 0.781 bits per heavy atom. The molecule has 4 aromatic rings. The molecule has 3 heterocycles. The van der Waals surface area contributed by atoms with E-state index in [1.54, 1.807) is 0 Å². The Bertz CT molecular complexity index is 1160. The van der Waals surface area contributed by atoms with Crippen molar-refractivity contribution in [2.75, 3.05) is 23.3 Å². The van der Waals surface area contributed by atoms with E-state index < -0.39 is 0 Å². The first kappa shape index (κ1) is 20.0. The molecular formula is C26H25N5O. The minimum absolute atomic E-state index is 0.137. The lowest BCUT2D eigenvalue weighted by atomic mass is 10.1. The van der Waals surface area contributed by atoms with Gasteiger partial charge in [-0.1, -0.05) is 12.1 Å². The first-order chi connectivity index (χ1) is 15.8. The Labute approximate surface area is 187 Å². The van der Waals surface area contributed by atoms with E-state index in [9.17, 15) is 4.79 Å². The van der Waals surface area contributed by atoms with E-state index in [1.807, 2.05) is 89.8 Å². The fourth-order valence-electron chi connectivity index (χ4n) is 3.99. The van der Waals surface area contributed by atoms with E-state index in [2.05, 4.69) is 20.4 Å². The summed E-state index contributed by atoms with van der Waals surface area (Å²) in [7, 11) is 0. The summed E-state index contributed by atoms with van der Waals surface area (Å²) >= 11 is 0.